The van der Waals surface area contributed by atoms with Crippen molar-refractivity contribution in [3.05, 3.63) is 48.0 Å². The van der Waals surface area contributed by atoms with Crippen LogP contribution in [0.15, 0.2) is 36.7 Å². The van der Waals surface area contributed by atoms with Gasteiger partial charge in [0.05, 0.1) is 11.0 Å². The molecule has 4 nitrogen and oxygen atoms in total. The van der Waals surface area contributed by atoms with Crippen LogP contribution in [0.4, 0.5) is 4.39 Å². The molecule has 0 bridgehead atoms. The van der Waals surface area contributed by atoms with Gasteiger partial charge in [0, 0.05) is 29.6 Å². The van der Waals surface area contributed by atoms with Crippen molar-refractivity contribution in [2.24, 2.45) is 0 Å². The van der Waals surface area contributed by atoms with Crippen molar-refractivity contribution < 1.29 is 9.18 Å². The molecular weight excluding hydrogens is 281 g/mol. The van der Waals surface area contributed by atoms with E-state index in [1.165, 1.54) is 19.1 Å². The third-order valence-corrected chi connectivity index (χ3v) is 3.97. The minimum Gasteiger partial charge on any atom is -0.321 e. The van der Waals surface area contributed by atoms with E-state index in [2.05, 4.69) is 14.5 Å². The Kier molecular flexibility index (Phi) is 2.82. The summed E-state index contributed by atoms with van der Waals surface area (Å²) in [5, 5.41) is 0. The predicted octanol–water partition coefficient (Wildman–Crippen LogP) is 3.77. The van der Waals surface area contributed by atoms with Gasteiger partial charge < -0.3 is 4.57 Å². The third-order valence-electron chi connectivity index (χ3n) is 3.97. The Labute approximate surface area is 126 Å². The van der Waals surface area contributed by atoms with E-state index >= 15 is 0 Å². The third kappa shape index (κ3) is 2.09. The molecule has 22 heavy (non-hydrogen) atoms. The fourth-order valence-electron chi connectivity index (χ4n) is 2.73. The zero-order valence-corrected chi connectivity index (χ0v) is 12.1. The van der Waals surface area contributed by atoms with Crippen LogP contribution >= 0.6 is 0 Å². The Bertz CT molecular complexity index is 896. The van der Waals surface area contributed by atoms with E-state index in [1.807, 2.05) is 0 Å². The first kappa shape index (κ1) is 13.1. The number of benzene rings is 1. The molecule has 1 aromatic carbocycles. The number of imidazole rings is 1. The summed E-state index contributed by atoms with van der Waals surface area (Å²) >= 11 is 0. The predicted molar refractivity (Wildman–Crippen MR) is 81.2 cm³/mol. The standard InChI is InChI=1S/C17H14FN3O/c1-10(22)11-6-12(9-19-8-11)17-20-15-5-2-13(18)7-16(15)21(17)14-3-4-14/h2,5-9,14H,3-4H2,1H3. The van der Waals surface area contributed by atoms with Crippen LogP contribution in [0.2, 0.25) is 0 Å². The summed E-state index contributed by atoms with van der Waals surface area (Å²) in [5.74, 6) is 0.449. The topological polar surface area (TPSA) is 47.8 Å². The molecule has 1 fully saturated rings. The molecule has 1 saturated carbocycles. The monoisotopic (exact) mass is 295 g/mol. The molecule has 0 unspecified atom stereocenters. The van der Waals surface area contributed by atoms with Crippen LogP contribution in [-0.2, 0) is 0 Å². The van der Waals surface area contributed by atoms with Crippen molar-refractivity contribution in [3.63, 3.8) is 0 Å². The second-order valence-electron chi connectivity index (χ2n) is 5.69. The highest BCUT2D eigenvalue weighted by Crippen LogP contribution is 2.41. The van der Waals surface area contributed by atoms with Crippen molar-refractivity contribution in [1.82, 2.24) is 14.5 Å². The summed E-state index contributed by atoms with van der Waals surface area (Å²) in [6.45, 7) is 1.51. The summed E-state index contributed by atoms with van der Waals surface area (Å²) in [4.78, 5) is 20.3. The molecule has 0 amide bonds. The van der Waals surface area contributed by atoms with Crippen molar-refractivity contribution >= 4 is 16.8 Å². The molecule has 1 aliphatic rings. The van der Waals surface area contributed by atoms with Crippen molar-refractivity contribution in [2.75, 3.05) is 0 Å². The number of hydrogen-bond acceptors (Lipinski definition) is 3. The maximum Gasteiger partial charge on any atom is 0.161 e. The Morgan fingerprint density at radius 1 is 1.27 bits per heavy atom. The lowest BCUT2D eigenvalue weighted by atomic mass is 10.1. The lowest BCUT2D eigenvalue weighted by Crippen LogP contribution is -2.00. The summed E-state index contributed by atoms with van der Waals surface area (Å²) in [6.07, 6.45) is 5.38. The normalized spacial score (nSPS) is 14.5. The molecule has 0 atom stereocenters. The first-order chi connectivity index (χ1) is 10.6. The van der Waals surface area contributed by atoms with E-state index in [4.69, 9.17) is 0 Å². The van der Waals surface area contributed by atoms with E-state index in [0.29, 0.717) is 11.6 Å². The largest absolute Gasteiger partial charge is 0.321 e. The molecule has 2 aromatic heterocycles. The van der Waals surface area contributed by atoms with Gasteiger partial charge in [-0.25, -0.2) is 9.37 Å². The van der Waals surface area contributed by atoms with Crippen LogP contribution in [0.25, 0.3) is 22.4 Å². The number of Topliss-reactive ketones (excluding diaryl/α,β-unsaturated/α-hetero) is 1. The van der Waals surface area contributed by atoms with E-state index < -0.39 is 0 Å². The summed E-state index contributed by atoms with van der Waals surface area (Å²) in [6, 6.07) is 6.77. The molecule has 1 aliphatic carbocycles. The second-order valence-corrected chi connectivity index (χ2v) is 5.69. The van der Waals surface area contributed by atoms with Gasteiger partial charge in [-0.3, -0.25) is 9.78 Å². The zero-order chi connectivity index (χ0) is 15.3. The highest BCUT2D eigenvalue weighted by atomic mass is 19.1. The molecular formula is C17H14FN3O. The van der Waals surface area contributed by atoms with Gasteiger partial charge in [0.25, 0.3) is 0 Å². The van der Waals surface area contributed by atoms with Crippen molar-refractivity contribution in [2.45, 2.75) is 25.8 Å². The number of rotatable bonds is 3. The minimum atomic E-state index is -0.267. The number of ketones is 1. The number of hydrogen-bond donors (Lipinski definition) is 0. The first-order valence-electron chi connectivity index (χ1n) is 7.27. The lowest BCUT2D eigenvalue weighted by molar-refractivity contribution is 0.101. The lowest BCUT2D eigenvalue weighted by Gasteiger charge is -2.08. The van der Waals surface area contributed by atoms with E-state index in [0.717, 1.165) is 35.3 Å². The fourth-order valence-corrected chi connectivity index (χ4v) is 2.73. The molecule has 110 valence electrons. The molecule has 4 rings (SSSR count). The van der Waals surface area contributed by atoms with Gasteiger partial charge in [-0.05, 0) is 44.0 Å². The summed E-state index contributed by atoms with van der Waals surface area (Å²) in [7, 11) is 0. The molecule has 0 radical (unpaired) electrons. The van der Waals surface area contributed by atoms with Crippen LogP contribution < -0.4 is 0 Å². The number of fused-ring (bicyclic) bond motifs is 1. The smallest absolute Gasteiger partial charge is 0.161 e. The number of pyridine rings is 1. The average Bonchev–Trinajstić information content (AvgIpc) is 3.28. The molecule has 0 spiro atoms. The highest BCUT2D eigenvalue weighted by Gasteiger charge is 2.29. The maximum atomic E-state index is 13.6. The zero-order valence-electron chi connectivity index (χ0n) is 12.1. The fraction of sp³-hybridized carbons (Fsp3) is 0.235. The van der Waals surface area contributed by atoms with Crippen molar-refractivity contribution in [1.29, 1.82) is 0 Å². The Morgan fingerprint density at radius 2 is 2.09 bits per heavy atom. The number of carbonyl (C=O) groups excluding carboxylic acids is 1. The minimum absolute atomic E-state index is 0.0329. The second kappa shape index (κ2) is 4.73. The van der Waals surface area contributed by atoms with Gasteiger partial charge in [-0.2, -0.15) is 0 Å². The van der Waals surface area contributed by atoms with Crippen molar-refractivity contribution in [3.8, 4) is 11.4 Å². The Hall–Kier alpha value is -2.56. The average molecular weight is 295 g/mol. The summed E-state index contributed by atoms with van der Waals surface area (Å²) in [5.41, 5.74) is 2.90. The van der Waals surface area contributed by atoms with Gasteiger partial charge in [0.2, 0.25) is 0 Å². The quantitative estimate of drug-likeness (QED) is 0.691. The summed E-state index contributed by atoms with van der Waals surface area (Å²) < 4.78 is 15.7. The molecule has 5 heteroatoms. The maximum absolute atomic E-state index is 13.6. The number of halogens is 1. The molecule has 2 heterocycles. The molecule has 0 N–H and O–H groups in total. The number of nitrogens with zero attached hydrogens (tertiary/aromatic N) is 3. The SMILES string of the molecule is CC(=O)c1cncc(-c2nc3ccc(F)cc3n2C2CC2)c1. The molecule has 3 aromatic rings. The molecule has 0 aliphatic heterocycles. The van der Waals surface area contributed by atoms with Crippen LogP contribution in [-0.4, -0.2) is 20.3 Å². The Balaban J connectivity index is 1.96. The molecule has 0 saturated heterocycles. The van der Waals surface area contributed by atoms with Crippen LogP contribution in [0, 0.1) is 5.82 Å². The van der Waals surface area contributed by atoms with Crippen LogP contribution in [0.1, 0.15) is 36.2 Å². The number of carbonyl (C=O) groups is 1. The van der Waals surface area contributed by atoms with Gasteiger partial charge in [0.15, 0.2) is 5.78 Å². The highest BCUT2D eigenvalue weighted by molar-refractivity contribution is 5.95. The van der Waals surface area contributed by atoms with E-state index in [9.17, 15) is 9.18 Å². The number of aromatic nitrogens is 3. The Morgan fingerprint density at radius 3 is 2.82 bits per heavy atom. The first-order valence-corrected chi connectivity index (χ1v) is 7.27. The van der Waals surface area contributed by atoms with Crippen LogP contribution in [0.5, 0.6) is 0 Å². The van der Waals surface area contributed by atoms with Gasteiger partial charge >= 0.3 is 0 Å². The van der Waals surface area contributed by atoms with E-state index in [-0.39, 0.29) is 11.6 Å². The van der Waals surface area contributed by atoms with Crippen LogP contribution in [0.3, 0.4) is 0 Å². The van der Waals surface area contributed by atoms with Gasteiger partial charge in [-0.1, -0.05) is 0 Å². The van der Waals surface area contributed by atoms with Gasteiger partial charge in [0.1, 0.15) is 11.6 Å². The van der Waals surface area contributed by atoms with E-state index in [1.54, 1.807) is 24.5 Å². The van der Waals surface area contributed by atoms with Gasteiger partial charge in [-0.15, -0.1) is 0 Å².